The van der Waals surface area contributed by atoms with Crippen LogP contribution in [0, 0.1) is 11.8 Å². The highest BCUT2D eigenvalue weighted by Gasteiger charge is 2.67. The summed E-state index contributed by atoms with van der Waals surface area (Å²) in [6.45, 7) is 0.451. The van der Waals surface area contributed by atoms with E-state index in [-0.39, 0.29) is 17.9 Å². The van der Waals surface area contributed by atoms with Crippen molar-refractivity contribution in [3.63, 3.8) is 0 Å². The van der Waals surface area contributed by atoms with E-state index in [4.69, 9.17) is 4.74 Å². The molecule has 0 spiro atoms. The lowest BCUT2D eigenvalue weighted by molar-refractivity contribution is -0.126. The van der Waals surface area contributed by atoms with E-state index >= 15 is 0 Å². The van der Waals surface area contributed by atoms with Crippen LogP contribution in [0.25, 0.3) is 0 Å². The third-order valence-electron chi connectivity index (χ3n) is 5.51. The van der Waals surface area contributed by atoms with Gasteiger partial charge < -0.3 is 10.1 Å². The molecular weight excluding hydrogens is 328 g/mol. The second-order valence-corrected chi connectivity index (χ2v) is 6.97. The van der Waals surface area contributed by atoms with Crippen molar-refractivity contribution in [3.05, 3.63) is 72.8 Å². The fourth-order valence-corrected chi connectivity index (χ4v) is 4.33. The molecule has 2 aromatic carbocycles. The number of amides is 2. The number of fused-ring (bicyclic) bond motifs is 5. The summed E-state index contributed by atoms with van der Waals surface area (Å²) in [6, 6.07) is 18.9. The highest BCUT2D eigenvalue weighted by Crippen LogP contribution is 2.52. The molecule has 2 amide bonds. The molecular formula is C21H18N2O3. The number of benzene rings is 2. The summed E-state index contributed by atoms with van der Waals surface area (Å²) < 4.78 is 6.13. The maximum atomic E-state index is 13.2. The number of hydrogen-bond donors (Lipinski definition) is 1. The van der Waals surface area contributed by atoms with Crippen LogP contribution in [0.5, 0.6) is 0 Å². The zero-order valence-electron chi connectivity index (χ0n) is 14.0. The second-order valence-electron chi connectivity index (χ2n) is 6.97. The maximum absolute atomic E-state index is 13.2. The van der Waals surface area contributed by atoms with Crippen molar-refractivity contribution in [1.29, 1.82) is 0 Å². The van der Waals surface area contributed by atoms with Gasteiger partial charge in [-0.25, -0.2) is 4.90 Å². The first-order valence-electron chi connectivity index (χ1n) is 8.79. The molecule has 3 aliphatic rings. The van der Waals surface area contributed by atoms with Gasteiger partial charge in [0.2, 0.25) is 11.8 Å². The van der Waals surface area contributed by atoms with Crippen molar-refractivity contribution >= 4 is 23.2 Å². The molecule has 3 aliphatic heterocycles. The molecule has 0 radical (unpaired) electrons. The lowest BCUT2D eigenvalue weighted by atomic mass is 9.77. The minimum Gasteiger partial charge on any atom is -0.382 e. The van der Waals surface area contributed by atoms with Crippen molar-refractivity contribution in [3.8, 4) is 0 Å². The first-order valence-corrected chi connectivity index (χ1v) is 8.79. The molecule has 5 rings (SSSR count). The Hall–Kier alpha value is -2.92. The second kappa shape index (κ2) is 5.54. The van der Waals surface area contributed by atoms with Crippen molar-refractivity contribution in [2.75, 3.05) is 16.8 Å². The fraction of sp³-hybridized carbons (Fsp3) is 0.238. The summed E-state index contributed by atoms with van der Waals surface area (Å²) in [6.07, 6.45) is 3.55. The van der Waals surface area contributed by atoms with Crippen LogP contribution in [0.15, 0.2) is 72.8 Å². The first kappa shape index (κ1) is 15.3. The molecule has 0 saturated carbocycles. The monoisotopic (exact) mass is 346 g/mol. The molecule has 26 heavy (non-hydrogen) atoms. The van der Waals surface area contributed by atoms with E-state index in [9.17, 15) is 9.59 Å². The van der Waals surface area contributed by atoms with E-state index in [1.165, 1.54) is 4.90 Å². The number of carbonyl (C=O) groups is 2. The van der Waals surface area contributed by atoms with E-state index in [2.05, 4.69) is 5.32 Å². The van der Waals surface area contributed by atoms with Gasteiger partial charge in [-0.2, -0.15) is 0 Å². The molecule has 3 heterocycles. The Morgan fingerprint density at radius 1 is 0.962 bits per heavy atom. The van der Waals surface area contributed by atoms with Gasteiger partial charge in [0.25, 0.3) is 0 Å². The Morgan fingerprint density at radius 3 is 2.38 bits per heavy atom. The topological polar surface area (TPSA) is 58.6 Å². The van der Waals surface area contributed by atoms with Gasteiger partial charge >= 0.3 is 0 Å². The Labute approximate surface area is 151 Å². The Bertz CT molecular complexity index is 896. The number of nitrogens with one attached hydrogen (secondary N) is 1. The van der Waals surface area contributed by atoms with Crippen LogP contribution in [-0.4, -0.2) is 30.1 Å². The van der Waals surface area contributed by atoms with Crippen LogP contribution >= 0.6 is 0 Å². The van der Waals surface area contributed by atoms with Crippen LogP contribution in [0.3, 0.4) is 0 Å². The summed E-state index contributed by atoms with van der Waals surface area (Å²) in [7, 11) is 0. The third kappa shape index (κ3) is 2.07. The van der Waals surface area contributed by atoms with Crippen molar-refractivity contribution < 1.29 is 14.3 Å². The zero-order chi connectivity index (χ0) is 17.7. The van der Waals surface area contributed by atoms with Gasteiger partial charge in [0.05, 0.1) is 23.6 Å². The van der Waals surface area contributed by atoms with Gasteiger partial charge in [0, 0.05) is 12.2 Å². The summed E-state index contributed by atoms with van der Waals surface area (Å²) in [5.74, 6) is -1.26. The van der Waals surface area contributed by atoms with Crippen molar-refractivity contribution in [1.82, 2.24) is 0 Å². The average Bonchev–Trinajstić information content (AvgIpc) is 3.32. The molecule has 0 unspecified atom stereocenters. The predicted molar refractivity (Wildman–Crippen MR) is 97.6 cm³/mol. The molecule has 130 valence electrons. The first-order chi connectivity index (χ1) is 12.7. The standard InChI is InChI=1S/C21H18N2O3/c24-19-17-16-11-12-21(26-16,13-22-14-7-3-1-4-8-14)18(17)20(25)23(19)15-9-5-2-6-10-15/h1-12,16-18,22H,13H2/t16-,17+,18+,21+/m0/s1. The Kier molecular flexibility index (Phi) is 3.27. The number of imide groups is 1. The van der Waals surface area contributed by atoms with Crippen LogP contribution in [-0.2, 0) is 14.3 Å². The average molecular weight is 346 g/mol. The minimum absolute atomic E-state index is 0.165. The highest BCUT2D eigenvalue weighted by atomic mass is 16.5. The zero-order valence-corrected chi connectivity index (χ0v) is 14.0. The number of ether oxygens (including phenoxy) is 1. The van der Waals surface area contributed by atoms with Gasteiger partial charge in [-0.3, -0.25) is 9.59 Å². The van der Waals surface area contributed by atoms with Crippen molar-refractivity contribution in [2.24, 2.45) is 11.8 Å². The number of anilines is 2. The van der Waals surface area contributed by atoms with E-state index in [1.807, 2.05) is 60.7 Å². The minimum atomic E-state index is -0.776. The van der Waals surface area contributed by atoms with Crippen LogP contribution in [0.4, 0.5) is 11.4 Å². The molecule has 4 atom stereocenters. The molecule has 0 aromatic heterocycles. The van der Waals surface area contributed by atoms with Crippen LogP contribution < -0.4 is 10.2 Å². The lowest BCUT2D eigenvalue weighted by Crippen LogP contribution is -2.45. The van der Waals surface area contributed by atoms with Crippen LogP contribution in [0.1, 0.15) is 0 Å². The van der Waals surface area contributed by atoms with Gasteiger partial charge in [0.1, 0.15) is 5.60 Å². The van der Waals surface area contributed by atoms with Gasteiger partial charge in [-0.15, -0.1) is 0 Å². The lowest BCUT2D eigenvalue weighted by Gasteiger charge is -2.29. The van der Waals surface area contributed by atoms with E-state index < -0.39 is 17.4 Å². The molecule has 0 aliphatic carbocycles. The van der Waals surface area contributed by atoms with Gasteiger partial charge in [-0.05, 0) is 24.3 Å². The van der Waals surface area contributed by atoms with E-state index in [0.717, 1.165) is 5.69 Å². The smallest absolute Gasteiger partial charge is 0.241 e. The highest BCUT2D eigenvalue weighted by molar-refractivity contribution is 6.23. The number of hydrogen-bond acceptors (Lipinski definition) is 4. The Balaban J connectivity index is 1.46. The molecule has 2 saturated heterocycles. The number of rotatable bonds is 4. The molecule has 2 bridgehead atoms. The summed E-state index contributed by atoms with van der Waals surface area (Å²) in [5, 5.41) is 3.35. The molecule has 2 aromatic rings. The summed E-state index contributed by atoms with van der Waals surface area (Å²) in [5.41, 5.74) is 0.812. The fourth-order valence-electron chi connectivity index (χ4n) is 4.33. The van der Waals surface area contributed by atoms with E-state index in [0.29, 0.717) is 12.2 Å². The SMILES string of the molecule is O=C1[C@@H]2[C@@H]3C=C[C@](CNc4ccccc4)(O3)[C@H]2C(=O)N1c1ccccc1. The third-order valence-corrected chi connectivity index (χ3v) is 5.51. The Morgan fingerprint density at radius 2 is 1.65 bits per heavy atom. The number of para-hydroxylation sites is 2. The summed E-state index contributed by atoms with van der Waals surface area (Å²) in [4.78, 5) is 27.5. The molecule has 5 heteroatoms. The number of nitrogens with zero attached hydrogens (tertiary/aromatic N) is 1. The van der Waals surface area contributed by atoms with Crippen LogP contribution in [0.2, 0.25) is 0 Å². The van der Waals surface area contributed by atoms with E-state index in [1.54, 1.807) is 12.1 Å². The molecule has 5 nitrogen and oxygen atoms in total. The molecule has 1 N–H and O–H groups in total. The largest absolute Gasteiger partial charge is 0.382 e. The van der Waals surface area contributed by atoms with Crippen molar-refractivity contribution in [2.45, 2.75) is 11.7 Å². The quantitative estimate of drug-likeness (QED) is 0.683. The van der Waals surface area contributed by atoms with Gasteiger partial charge in [-0.1, -0.05) is 48.6 Å². The summed E-state index contributed by atoms with van der Waals surface area (Å²) >= 11 is 0. The predicted octanol–water partition coefficient (Wildman–Crippen LogP) is 2.61. The normalized spacial score (nSPS) is 31.5. The van der Waals surface area contributed by atoms with Gasteiger partial charge in [0.15, 0.2) is 0 Å². The molecule has 2 fully saturated rings. The number of carbonyl (C=O) groups excluding carboxylic acids is 2. The maximum Gasteiger partial charge on any atom is 0.241 e.